The van der Waals surface area contributed by atoms with Gasteiger partial charge in [-0.25, -0.2) is 0 Å². The number of nitrogens with one attached hydrogen (secondary N) is 1. The quantitative estimate of drug-likeness (QED) is 0.749. The summed E-state index contributed by atoms with van der Waals surface area (Å²) in [5.41, 5.74) is 2.06. The molecule has 27 heavy (non-hydrogen) atoms. The average molecular weight is 383 g/mol. The molecular formula is C22H26N2O2S. The van der Waals surface area contributed by atoms with Gasteiger partial charge in [0.15, 0.2) is 6.61 Å². The third-order valence-corrected chi connectivity index (χ3v) is 6.93. The molecule has 1 aliphatic rings. The number of amides is 1. The standard InChI is InChI=1S/C22H26N2O2S/c1-4-22(2,3)15-10-11-17-18(13-23)21(27-19(17)12-15)24-20(25)14-26-16-8-6-5-7-9-16/h5-9,15H,4,10-12,14H2,1-3H3,(H,24,25)/t15-/m1/s1. The fourth-order valence-electron chi connectivity index (χ4n) is 3.58. The summed E-state index contributed by atoms with van der Waals surface area (Å²) in [4.78, 5) is 13.6. The van der Waals surface area contributed by atoms with Gasteiger partial charge >= 0.3 is 0 Å². The van der Waals surface area contributed by atoms with Crippen molar-refractivity contribution in [2.24, 2.45) is 11.3 Å². The van der Waals surface area contributed by atoms with Crippen molar-refractivity contribution in [2.45, 2.75) is 46.5 Å². The molecule has 4 nitrogen and oxygen atoms in total. The van der Waals surface area contributed by atoms with Gasteiger partial charge in [0.1, 0.15) is 16.8 Å². The highest BCUT2D eigenvalue weighted by Gasteiger charge is 2.34. The van der Waals surface area contributed by atoms with Gasteiger partial charge in [0.2, 0.25) is 0 Å². The summed E-state index contributed by atoms with van der Waals surface area (Å²) in [6.07, 6.45) is 4.15. The fourth-order valence-corrected chi connectivity index (χ4v) is 4.87. The van der Waals surface area contributed by atoms with Crippen LogP contribution >= 0.6 is 11.3 Å². The van der Waals surface area contributed by atoms with Crippen LogP contribution in [0, 0.1) is 22.7 Å². The Kier molecular flexibility index (Phi) is 5.86. The maximum atomic E-state index is 12.3. The molecule has 0 saturated carbocycles. The number of hydrogen-bond donors (Lipinski definition) is 1. The molecule has 0 radical (unpaired) electrons. The minimum atomic E-state index is -0.237. The molecule has 0 unspecified atom stereocenters. The van der Waals surface area contributed by atoms with E-state index in [9.17, 15) is 10.1 Å². The first-order valence-electron chi connectivity index (χ1n) is 9.47. The van der Waals surface area contributed by atoms with Gasteiger partial charge in [-0.2, -0.15) is 5.26 Å². The van der Waals surface area contributed by atoms with Crippen molar-refractivity contribution >= 4 is 22.2 Å². The van der Waals surface area contributed by atoms with Crippen molar-refractivity contribution in [3.05, 3.63) is 46.3 Å². The molecule has 0 spiro atoms. The fraction of sp³-hybridized carbons (Fsp3) is 0.455. The van der Waals surface area contributed by atoms with Crippen LogP contribution in [-0.2, 0) is 17.6 Å². The smallest absolute Gasteiger partial charge is 0.262 e. The first kappa shape index (κ1) is 19.4. The van der Waals surface area contributed by atoms with Crippen LogP contribution in [0.4, 0.5) is 5.00 Å². The number of carbonyl (C=O) groups excluding carboxylic acids is 1. The van der Waals surface area contributed by atoms with E-state index in [1.165, 1.54) is 4.88 Å². The normalized spacial score (nSPS) is 16.3. The third-order valence-electron chi connectivity index (χ3n) is 5.76. The first-order chi connectivity index (χ1) is 12.9. The maximum Gasteiger partial charge on any atom is 0.262 e. The first-order valence-corrected chi connectivity index (χ1v) is 10.3. The summed E-state index contributed by atoms with van der Waals surface area (Å²) in [6.45, 7) is 6.82. The summed E-state index contributed by atoms with van der Waals surface area (Å²) in [6, 6.07) is 11.6. The number of fused-ring (bicyclic) bond motifs is 1. The van der Waals surface area contributed by atoms with Crippen LogP contribution in [0.25, 0.3) is 0 Å². The summed E-state index contributed by atoms with van der Waals surface area (Å²) in [7, 11) is 0. The number of benzene rings is 1. The molecule has 1 heterocycles. The second-order valence-corrected chi connectivity index (χ2v) is 8.86. The second-order valence-electron chi connectivity index (χ2n) is 7.75. The number of hydrogen-bond acceptors (Lipinski definition) is 4. The van der Waals surface area contributed by atoms with E-state index >= 15 is 0 Å². The lowest BCUT2D eigenvalue weighted by Gasteiger charge is -2.36. The summed E-state index contributed by atoms with van der Waals surface area (Å²) < 4.78 is 5.50. The van der Waals surface area contributed by atoms with Gasteiger partial charge in [-0.05, 0) is 48.3 Å². The number of carbonyl (C=O) groups is 1. The molecule has 3 rings (SSSR count). The van der Waals surface area contributed by atoms with E-state index in [4.69, 9.17) is 4.74 Å². The molecule has 1 N–H and O–H groups in total. The van der Waals surface area contributed by atoms with Gasteiger partial charge < -0.3 is 10.1 Å². The van der Waals surface area contributed by atoms with Crippen molar-refractivity contribution in [2.75, 3.05) is 11.9 Å². The predicted molar refractivity (Wildman–Crippen MR) is 109 cm³/mol. The van der Waals surface area contributed by atoms with Crippen molar-refractivity contribution in [3.8, 4) is 11.8 Å². The van der Waals surface area contributed by atoms with Crippen LogP contribution in [0.15, 0.2) is 30.3 Å². The van der Waals surface area contributed by atoms with E-state index in [0.717, 1.165) is 31.2 Å². The highest BCUT2D eigenvalue weighted by atomic mass is 32.1. The second kappa shape index (κ2) is 8.14. The SMILES string of the molecule is CCC(C)(C)[C@@H]1CCc2c(sc(NC(=O)COc3ccccc3)c2C#N)C1. The Morgan fingerprint density at radius 3 is 2.78 bits per heavy atom. The van der Waals surface area contributed by atoms with Gasteiger partial charge in [0.25, 0.3) is 5.91 Å². The van der Waals surface area contributed by atoms with Gasteiger partial charge in [0, 0.05) is 4.88 Å². The van der Waals surface area contributed by atoms with Gasteiger partial charge in [-0.1, -0.05) is 45.4 Å². The Labute approximate surface area is 165 Å². The van der Waals surface area contributed by atoms with E-state index in [-0.39, 0.29) is 12.5 Å². The molecule has 1 atom stereocenters. The molecule has 2 aromatic rings. The van der Waals surface area contributed by atoms with Crippen molar-refractivity contribution in [1.82, 2.24) is 0 Å². The predicted octanol–water partition coefficient (Wildman–Crippen LogP) is 5.18. The molecule has 1 aromatic heterocycles. The highest BCUT2D eigenvalue weighted by molar-refractivity contribution is 7.16. The summed E-state index contributed by atoms with van der Waals surface area (Å²) in [5.74, 6) is 1.04. The lowest BCUT2D eigenvalue weighted by Crippen LogP contribution is -2.28. The van der Waals surface area contributed by atoms with Crippen LogP contribution in [0.5, 0.6) is 5.75 Å². The number of nitriles is 1. The Hall–Kier alpha value is -2.32. The molecule has 0 bridgehead atoms. The van der Waals surface area contributed by atoms with Crippen LogP contribution in [-0.4, -0.2) is 12.5 Å². The van der Waals surface area contributed by atoms with E-state index in [1.54, 1.807) is 11.3 Å². The van der Waals surface area contributed by atoms with Crippen molar-refractivity contribution in [3.63, 3.8) is 0 Å². The van der Waals surface area contributed by atoms with Crippen molar-refractivity contribution in [1.29, 1.82) is 5.26 Å². The van der Waals surface area contributed by atoms with Crippen LogP contribution < -0.4 is 10.1 Å². The number of thiophene rings is 1. The topological polar surface area (TPSA) is 62.1 Å². The zero-order chi connectivity index (χ0) is 19.4. The molecule has 0 fully saturated rings. The number of ether oxygens (including phenoxy) is 1. The molecule has 1 aliphatic carbocycles. The zero-order valence-corrected chi connectivity index (χ0v) is 17.0. The number of nitrogens with zero attached hydrogens (tertiary/aromatic N) is 1. The highest BCUT2D eigenvalue weighted by Crippen LogP contribution is 2.45. The Morgan fingerprint density at radius 2 is 2.11 bits per heavy atom. The average Bonchev–Trinajstić information content (AvgIpc) is 3.03. The van der Waals surface area contributed by atoms with Crippen LogP contribution in [0.2, 0.25) is 0 Å². The molecule has 1 amide bonds. The summed E-state index contributed by atoms with van der Waals surface area (Å²) in [5, 5.41) is 13.2. The monoisotopic (exact) mass is 382 g/mol. The Balaban J connectivity index is 1.70. The number of para-hydroxylation sites is 1. The largest absolute Gasteiger partial charge is 0.484 e. The maximum absolute atomic E-state index is 12.3. The Bertz CT molecular complexity index is 849. The van der Waals surface area contributed by atoms with E-state index in [1.807, 2.05) is 30.3 Å². The minimum Gasteiger partial charge on any atom is -0.484 e. The number of anilines is 1. The van der Waals surface area contributed by atoms with Gasteiger partial charge in [0.05, 0.1) is 5.56 Å². The zero-order valence-electron chi connectivity index (χ0n) is 16.2. The Morgan fingerprint density at radius 1 is 1.37 bits per heavy atom. The number of rotatable bonds is 6. The molecule has 142 valence electrons. The van der Waals surface area contributed by atoms with Gasteiger partial charge in [-0.15, -0.1) is 11.3 Å². The van der Waals surface area contributed by atoms with Crippen LogP contribution in [0.3, 0.4) is 0 Å². The lowest BCUT2D eigenvalue weighted by molar-refractivity contribution is -0.118. The van der Waals surface area contributed by atoms with Gasteiger partial charge in [-0.3, -0.25) is 4.79 Å². The molecule has 0 aliphatic heterocycles. The lowest BCUT2D eigenvalue weighted by atomic mass is 9.69. The molecule has 0 saturated heterocycles. The minimum absolute atomic E-state index is 0.0665. The van der Waals surface area contributed by atoms with E-state index in [0.29, 0.717) is 27.6 Å². The van der Waals surface area contributed by atoms with Crippen LogP contribution in [0.1, 0.15) is 49.6 Å². The van der Waals surface area contributed by atoms with E-state index in [2.05, 4.69) is 32.2 Å². The molecule has 5 heteroatoms. The molecule has 1 aromatic carbocycles. The summed E-state index contributed by atoms with van der Waals surface area (Å²) >= 11 is 1.56. The third kappa shape index (κ3) is 4.33. The van der Waals surface area contributed by atoms with Crippen molar-refractivity contribution < 1.29 is 9.53 Å². The molecular weight excluding hydrogens is 356 g/mol. The van der Waals surface area contributed by atoms with E-state index < -0.39 is 0 Å².